The molecule has 4 nitrogen and oxygen atoms in total. The van der Waals surface area contributed by atoms with Crippen LogP contribution in [0.3, 0.4) is 0 Å². The molecule has 1 aliphatic heterocycles. The number of nitrogens with one attached hydrogen (secondary N) is 1. The highest BCUT2D eigenvalue weighted by molar-refractivity contribution is 8.23. The van der Waals surface area contributed by atoms with Crippen LogP contribution in [0.15, 0.2) is 42.5 Å². The summed E-state index contributed by atoms with van der Waals surface area (Å²) in [7, 11) is 0. The molecule has 2 aromatic carbocycles. The van der Waals surface area contributed by atoms with Crippen molar-refractivity contribution in [3.8, 4) is 10.6 Å². The molecule has 0 bridgehead atoms. The molecule has 0 unspecified atom stereocenters. The van der Waals surface area contributed by atoms with E-state index in [1.807, 2.05) is 24.3 Å². The summed E-state index contributed by atoms with van der Waals surface area (Å²) >= 11 is 8.61. The second-order valence-corrected chi connectivity index (χ2v) is 9.86. The van der Waals surface area contributed by atoms with Crippen LogP contribution in [0.4, 0.5) is 5.69 Å². The molecule has 1 saturated heterocycles. The van der Waals surface area contributed by atoms with Crippen molar-refractivity contribution in [1.82, 2.24) is 9.88 Å². The highest BCUT2D eigenvalue weighted by Gasteiger charge is 2.15. The lowest BCUT2D eigenvalue weighted by Gasteiger charge is -2.28. The Morgan fingerprint density at radius 2 is 1.93 bits per heavy atom. The van der Waals surface area contributed by atoms with Crippen LogP contribution in [0.2, 0.25) is 0 Å². The van der Waals surface area contributed by atoms with Crippen LogP contribution in [0, 0.1) is 6.92 Å². The van der Waals surface area contributed by atoms with Crippen LogP contribution in [-0.4, -0.2) is 39.0 Å². The fourth-order valence-electron chi connectivity index (χ4n) is 3.34. The number of aromatic nitrogens is 1. The van der Waals surface area contributed by atoms with Crippen molar-refractivity contribution in [3.63, 3.8) is 0 Å². The highest BCUT2D eigenvalue weighted by atomic mass is 32.2. The molecule has 0 spiro atoms. The Balaban J connectivity index is 1.33. The Morgan fingerprint density at radius 1 is 1.17 bits per heavy atom. The van der Waals surface area contributed by atoms with Crippen molar-refractivity contribution in [1.29, 1.82) is 0 Å². The number of anilines is 1. The van der Waals surface area contributed by atoms with Gasteiger partial charge in [0.25, 0.3) is 0 Å². The van der Waals surface area contributed by atoms with E-state index < -0.39 is 0 Å². The number of hydrogen-bond acceptors (Lipinski definition) is 5. The van der Waals surface area contributed by atoms with Gasteiger partial charge in [0.05, 0.1) is 16.0 Å². The number of thiocarbonyl (C=S) groups is 1. The van der Waals surface area contributed by atoms with E-state index in [4.69, 9.17) is 17.2 Å². The first-order chi connectivity index (χ1) is 14.1. The lowest BCUT2D eigenvalue weighted by Crippen LogP contribution is -2.33. The predicted molar refractivity (Wildman–Crippen MR) is 129 cm³/mol. The van der Waals surface area contributed by atoms with Crippen molar-refractivity contribution in [2.75, 3.05) is 24.2 Å². The zero-order chi connectivity index (χ0) is 20.2. The molecule has 1 aliphatic rings. The summed E-state index contributed by atoms with van der Waals surface area (Å²) < 4.78 is 2.03. The van der Waals surface area contributed by atoms with Gasteiger partial charge in [0, 0.05) is 24.3 Å². The van der Waals surface area contributed by atoms with E-state index in [9.17, 15) is 4.79 Å². The molecule has 0 radical (unpaired) electrons. The Morgan fingerprint density at radius 3 is 2.69 bits per heavy atom. The number of carbonyl (C=O) groups is 1. The summed E-state index contributed by atoms with van der Waals surface area (Å²) in [6.45, 7) is 4.12. The minimum Gasteiger partial charge on any atom is -0.358 e. The zero-order valence-electron chi connectivity index (χ0n) is 16.3. The van der Waals surface area contributed by atoms with Crippen molar-refractivity contribution in [2.45, 2.75) is 26.2 Å². The van der Waals surface area contributed by atoms with E-state index in [0.29, 0.717) is 5.75 Å². The number of piperidine rings is 1. The molecule has 29 heavy (non-hydrogen) atoms. The third kappa shape index (κ3) is 5.15. The quantitative estimate of drug-likeness (QED) is 0.525. The summed E-state index contributed by atoms with van der Waals surface area (Å²) in [5.74, 6) is 0.312. The molecule has 0 saturated carbocycles. The molecule has 3 aromatic rings. The highest BCUT2D eigenvalue weighted by Crippen LogP contribution is 2.31. The van der Waals surface area contributed by atoms with E-state index in [0.717, 1.165) is 39.2 Å². The number of hydrogen-bond donors (Lipinski definition) is 1. The monoisotopic (exact) mass is 441 g/mol. The van der Waals surface area contributed by atoms with Crippen LogP contribution in [0.5, 0.6) is 0 Å². The molecule has 0 atom stereocenters. The second-order valence-electron chi connectivity index (χ2n) is 7.22. The molecule has 2 heterocycles. The topological polar surface area (TPSA) is 45.2 Å². The van der Waals surface area contributed by atoms with Gasteiger partial charge in [0.15, 0.2) is 0 Å². The maximum Gasteiger partial charge on any atom is 0.234 e. The van der Waals surface area contributed by atoms with Crippen molar-refractivity contribution in [2.24, 2.45) is 0 Å². The molecule has 1 N–H and O–H groups in total. The lowest BCUT2D eigenvalue weighted by molar-refractivity contribution is -0.113. The average Bonchev–Trinajstić information content (AvgIpc) is 3.16. The molecular formula is C22H23N3OS3. The van der Waals surface area contributed by atoms with Crippen LogP contribution < -0.4 is 5.32 Å². The SMILES string of the molecule is Cc1ccc2nc(-c3ccc(NC(=O)CSC(=S)N4CCCCC4)cc3)sc2c1. The number of thioether (sulfide) groups is 1. The summed E-state index contributed by atoms with van der Waals surface area (Å²) in [4.78, 5) is 19.2. The van der Waals surface area contributed by atoms with Crippen LogP contribution in [-0.2, 0) is 4.79 Å². The van der Waals surface area contributed by atoms with Gasteiger partial charge in [0.1, 0.15) is 9.33 Å². The summed E-state index contributed by atoms with van der Waals surface area (Å²) in [5, 5.41) is 3.95. The normalized spacial score (nSPS) is 14.2. The molecule has 1 aromatic heterocycles. The lowest BCUT2D eigenvalue weighted by atomic mass is 10.1. The van der Waals surface area contributed by atoms with Gasteiger partial charge < -0.3 is 10.2 Å². The third-order valence-electron chi connectivity index (χ3n) is 4.90. The maximum atomic E-state index is 12.3. The van der Waals surface area contributed by atoms with E-state index in [-0.39, 0.29) is 5.91 Å². The number of amides is 1. The van der Waals surface area contributed by atoms with Crippen LogP contribution in [0.1, 0.15) is 24.8 Å². The molecular weight excluding hydrogens is 418 g/mol. The van der Waals surface area contributed by atoms with Gasteiger partial charge in [-0.05, 0) is 68.1 Å². The Kier molecular flexibility index (Phi) is 6.47. The van der Waals surface area contributed by atoms with Gasteiger partial charge in [-0.25, -0.2) is 4.98 Å². The molecule has 1 amide bonds. The minimum absolute atomic E-state index is 0.0300. The van der Waals surface area contributed by atoms with Gasteiger partial charge in [-0.3, -0.25) is 4.79 Å². The summed E-state index contributed by atoms with van der Waals surface area (Å²) in [5.41, 5.74) is 4.11. The van der Waals surface area contributed by atoms with E-state index in [2.05, 4.69) is 35.3 Å². The molecule has 0 aliphatic carbocycles. The van der Waals surface area contributed by atoms with Crippen molar-refractivity contribution < 1.29 is 4.79 Å². The number of nitrogens with zero attached hydrogens (tertiary/aromatic N) is 2. The van der Waals surface area contributed by atoms with E-state index in [1.165, 1.54) is 41.3 Å². The van der Waals surface area contributed by atoms with E-state index >= 15 is 0 Å². The molecule has 150 valence electrons. The van der Waals surface area contributed by atoms with Crippen LogP contribution >= 0.6 is 35.3 Å². The Labute approximate surface area is 184 Å². The number of fused-ring (bicyclic) bond motifs is 1. The molecule has 7 heteroatoms. The number of carbonyl (C=O) groups excluding carboxylic acids is 1. The zero-order valence-corrected chi connectivity index (χ0v) is 18.8. The fraction of sp³-hybridized carbons (Fsp3) is 0.318. The van der Waals surface area contributed by atoms with E-state index in [1.54, 1.807) is 11.3 Å². The van der Waals surface area contributed by atoms with Gasteiger partial charge in [-0.1, -0.05) is 30.0 Å². The predicted octanol–water partition coefficient (Wildman–Crippen LogP) is 5.71. The Hall–Kier alpha value is -1.96. The Bertz CT molecular complexity index is 1020. The van der Waals surface area contributed by atoms with Gasteiger partial charge in [-0.2, -0.15) is 0 Å². The number of rotatable bonds is 4. The average molecular weight is 442 g/mol. The third-order valence-corrected chi connectivity index (χ3v) is 7.49. The van der Waals surface area contributed by atoms with Gasteiger partial charge in [0.2, 0.25) is 5.91 Å². The largest absolute Gasteiger partial charge is 0.358 e. The minimum atomic E-state index is -0.0300. The maximum absolute atomic E-state index is 12.3. The van der Waals surface area contributed by atoms with Crippen molar-refractivity contribution in [3.05, 3.63) is 48.0 Å². The number of thiazole rings is 1. The van der Waals surface area contributed by atoms with Gasteiger partial charge in [-0.15, -0.1) is 11.3 Å². The van der Waals surface area contributed by atoms with Crippen molar-refractivity contribution >= 4 is 61.4 Å². The summed E-state index contributed by atoms with van der Waals surface area (Å²) in [6.07, 6.45) is 3.65. The second kappa shape index (κ2) is 9.24. The molecule has 1 fully saturated rings. The first-order valence-electron chi connectivity index (χ1n) is 9.78. The standard InChI is InChI=1S/C22H23N3OS3/c1-15-5-10-18-19(13-15)29-21(24-18)16-6-8-17(9-7-16)23-20(26)14-28-22(27)25-11-3-2-4-12-25/h5-10,13H,2-4,11-12,14H2,1H3,(H,23,26). The smallest absolute Gasteiger partial charge is 0.234 e. The first-order valence-corrected chi connectivity index (χ1v) is 12.0. The van der Waals surface area contributed by atoms with Gasteiger partial charge >= 0.3 is 0 Å². The number of benzene rings is 2. The molecule has 4 rings (SSSR count). The number of likely N-dealkylation sites (tertiary alicyclic amines) is 1. The fourth-order valence-corrected chi connectivity index (χ4v) is 5.46. The van der Waals surface area contributed by atoms with Crippen LogP contribution in [0.25, 0.3) is 20.8 Å². The first kappa shape index (κ1) is 20.3. The number of aryl methyl sites for hydroxylation is 1. The summed E-state index contributed by atoms with van der Waals surface area (Å²) in [6, 6.07) is 14.2.